The molecule has 0 amide bonds. The second-order valence-corrected chi connectivity index (χ2v) is 7.03. The van der Waals surface area contributed by atoms with Crippen LogP contribution in [0.25, 0.3) is 22.4 Å². The summed E-state index contributed by atoms with van der Waals surface area (Å²) in [5.41, 5.74) is 3.18. The van der Waals surface area contributed by atoms with E-state index >= 15 is 0 Å². The van der Waals surface area contributed by atoms with Gasteiger partial charge in [0, 0.05) is 17.8 Å². The van der Waals surface area contributed by atoms with Gasteiger partial charge in [-0.15, -0.1) is 0 Å². The molecule has 5 nitrogen and oxygen atoms in total. The Morgan fingerprint density at radius 3 is 2.73 bits per heavy atom. The lowest BCUT2D eigenvalue weighted by Crippen LogP contribution is -2.22. The highest BCUT2D eigenvalue weighted by Crippen LogP contribution is 2.26. The molecule has 1 saturated heterocycles. The molecule has 0 aliphatic carbocycles. The molecular weight excluding hydrogens is 346 g/mol. The largest absolute Gasteiger partial charge is 0.368 e. The predicted octanol–water partition coefficient (Wildman–Crippen LogP) is 4.24. The van der Waals surface area contributed by atoms with Crippen molar-refractivity contribution >= 4 is 28.5 Å². The average molecular weight is 368 g/mol. The zero-order chi connectivity index (χ0) is 17.8. The highest BCUT2D eigenvalue weighted by Gasteiger charge is 2.13. The molecule has 26 heavy (non-hydrogen) atoms. The van der Waals surface area contributed by atoms with Gasteiger partial charge < -0.3 is 10.2 Å². The molecule has 4 rings (SSSR count). The van der Waals surface area contributed by atoms with Crippen LogP contribution in [-0.2, 0) is 0 Å². The van der Waals surface area contributed by atoms with Gasteiger partial charge in [-0.2, -0.15) is 0 Å². The van der Waals surface area contributed by atoms with Gasteiger partial charge in [-0.1, -0.05) is 17.7 Å². The minimum Gasteiger partial charge on any atom is -0.368 e. The molecule has 0 atom stereocenters. The molecule has 3 aromatic rings. The van der Waals surface area contributed by atoms with Crippen LogP contribution < -0.4 is 5.32 Å². The molecule has 0 bridgehead atoms. The molecule has 2 aromatic heterocycles. The third kappa shape index (κ3) is 3.94. The molecule has 0 radical (unpaired) electrons. The minimum atomic E-state index is 0.657. The maximum Gasteiger partial charge on any atom is 0.154 e. The Morgan fingerprint density at radius 2 is 1.92 bits per heavy atom. The summed E-state index contributed by atoms with van der Waals surface area (Å²) in [6.07, 6.45) is 5.52. The van der Waals surface area contributed by atoms with Crippen LogP contribution in [0.3, 0.4) is 0 Å². The maximum absolute atomic E-state index is 6.12. The third-order valence-electron chi connectivity index (χ3n) is 4.68. The number of likely N-dealkylation sites (tertiary alicyclic amines) is 1. The Kier molecular flexibility index (Phi) is 5.27. The molecule has 0 unspecified atom stereocenters. The number of pyridine rings is 1. The summed E-state index contributed by atoms with van der Waals surface area (Å²) in [4.78, 5) is 16.5. The Balaban J connectivity index is 1.57. The van der Waals surface area contributed by atoms with Crippen LogP contribution in [0.4, 0.5) is 5.82 Å². The minimum absolute atomic E-state index is 0.657. The van der Waals surface area contributed by atoms with Gasteiger partial charge in [0.05, 0.1) is 16.7 Å². The smallest absolute Gasteiger partial charge is 0.154 e. The molecule has 6 heteroatoms. The quantitative estimate of drug-likeness (QED) is 0.660. The summed E-state index contributed by atoms with van der Waals surface area (Å²) in [5, 5.41) is 4.13. The lowest BCUT2D eigenvalue weighted by Gasteiger charge is -2.15. The van der Waals surface area contributed by atoms with Crippen molar-refractivity contribution in [3.8, 4) is 11.4 Å². The van der Waals surface area contributed by atoms with E-state index in [1.807, 2.05) is 36.4 Å². The molecule has 0 spiro atoms. The number of nitrogens with one attached hydrogen (secondary N) is 1. The van der Waals surface area contributed by atoms with Crippen molar-refractivity contribution in [2.75, 3.05) is 31.5 Å². The van der Waals surface area contributed by atoms with Crippen molar-refractivity contribution in [2.45, 2.75) is 19.3 Å². The van der Waals surface area contributed by atoms with E-state index in [-0.39, 0.29) is 0 Å². The van der Waals surface area contributed by atoms with Gasteiger partial charge in [-0.3, -0.25) is 4.98 Å². The van der Waals surface area contributed by atoms with Gasteiger partial charge in [0.2, 0.25) is 0 Å². The first-order chi connectivity index (χ1) is 12.8. The second kappa shape index (κ2) is 7.98. The van der Waals surface area contributed by atoms with E-state index in [1.54, 1.807) is 6.20 Å². The summed E-state index contributed by atoms with van der Waals surface area (Å²) in [5.74, 6) is 0.778. The number of benzene rings is 1. The summed E-state index contributed by atoms with van der Waals surface area (Å²) < 4.78 is 0. The first-order valence-electron chi connectivity index (χ1n) is 9.14. The Labute approximate surface area is 158 Å². The van der Waals surface area contributed by atoms with Crippen LogP contribution in [0, 0.1) is 0 Å². The predicted molar refractivity (Wildman–Crippen MR) is 107 cm³/mol. The van der Waals surface area contributed by atoms with Gasteiger partial charge in [-0.05, 0) is 69.2 Å². The number of rotatable bonds is 6. The van der Waals surface area contributed by atoms with Crippen LogP contribution in [0.15, 0.2) is 42.6 Å². The van der Waals surface area contributed by atoms with E-state index in [1.165, 1.54) is 25.9 Å². The number of fused-ring (bicyclic) bond motifs is 1. The van der Waals surface area contributed by atoms with Crippen LogP contribution >= 0.6 is 11.6 Å². The van der Waals surface area contributed by atoms with Gasteiger partial charge in [0.1, 0.15) is 5.69 Å². The molecule has 0 saturated carbocycles. The highest BCUT2D eigenvalue weighted by atomic mass is 35.5. The van der Waals surface area contributed by atoms with Crippen molar-refractivity contribution in [1.29, 1.82) is 0 Å². The molecule has 3 heterocycles. The third-order valence-corrected chi connectivity index (χ3v) is 4.91. The number of halogens is 1. The van der Waals surface area contributed by atoms with Gasteiger partial charge in [-0.25, -0.2) is 9.97 Å². The van der Waals surface area contributed by atoms with Crippen LogP contribution in [0.5, 0.6) is 0 Å². The van der Waals surface area contributed by atoms with Gasteiger partial charge in [0.15, 0.2) is 5.82 Å². The monoisotopic (exact) mass is 367 g/mol. The van der Waals surface area contributed by atoms with Crippen molar-refractivity contribution < 1.29 is 0 Å². The Bertz CT molecular complexity index is 878. The number of anilines is 1. The molecule has 1 fully saturated rings. The lowest BCUT2D eigenvalue weighted by atomic mass is 10.2. The number of hydrogen-bond donors (Lipinski definition) is 1. The number of hydrogen-bond acceptors (Lipinski definition) is 5. The van der Waals surface area contributed by atoms with Crippen molar-refractivity contribution in [1.82, 2.24) is 19.9 Å². The van der Waals surface area contributed by atoms with Gasteiger partial charge in [0.25, 0.3) is 0 Å². The molecule has 1 aliphatic heterocycles. The van der Waals surface area contributed by atoms with E-state index in [0.717, 1.165) is 47.7 Å². The van der Waals surface area contributed by atoms with Gasteiger partial charge >= 0.3 is 0 Å². The molecule has 1 aromatic carbocycles. The first-order valence-corrected chi connectivity index (χ1v) is 9.52. The normalized spacial score (nSPS) is 14.8. The van der Waals surface area contributed by atoms with E-state index in [2.05, 4.69) is 15.2 Å². The number of nitrogens with zero attached hydrogens (tertiary/aromatic N) is 4. The SMILES string of the molecule is Clc1ccc2nc(NCCCN3CCCC3)c(-c3ccccn3)nc2c1. The fourth-order valence-corrected chi connectivity index (χ4v) is 3.51. The molecule has 134 valence electrons. The van der Waals surface area contributed by atoms with Crippen molar-refractivity contribution in [2.24, 2.45) is 0 Å². The summed E-state index contributed by atoms with van der Waals surface area (Å²) in [7, 11) is 0. The summed E-state index contributed by atoms with van der Waals surface area (Å²) in [6, 6.07) is 11.4. The lowest BCUT2D eigenvalue weighted by molar-refractivity contribution is 0.337. The fraction of sp³-hybridized carbons (Fsp3) is 0.350. The molecule has 1 N–H and O–H groups in total. The standard InChI is InChI=1S/C20H22ClN5/c21-15-7-8-16-18(14-15)24-19(17-6-1-2-9-22-17)20(25-16)23-10-5-13-26-11-3-4-12-26/h1-2,6-9,14H,3-5,10-13H2,(H,23,25). The maximum atomic E-state index is 6.12. The van der Waals surface area contributed by atoms with Crippen LogP contribution in [-0.4, -0.2) is 46.0 Å². The van der Waals surface area contributed by atoms with Crippen LogP contribution in [0.2, 0.25) is 5.02 Å². The van der Waals surface area contributed by atoms with E-state index in [4.69, 9.17) is 21.6 Å². The Morgan fingerprint density at radius 1 is 1.04 bits per heavy atom. The fourth-order valence-electron chi connectivity index (χ4n) is 3.35. The van der Waals surface area contributed by atoms with E-state index in [9.17, 15) is 0 Å². The second-order valence-electron chi connectivity index (χ2n) is 6.60. The topological polar surface area (TPSA) is 53.9 Å². The highest BCUT2D eigenvalue weighted by molar-refractivity contribution is 6.31. The zero-order valence-electron chi connectivity index (χ0n) is 14.7. The molecule has 1 aliphatic rings. The zero-order valence-corrected chi connectivity index (χ0v) is 15.4. The van der Waals surface area contributed by atoms with Crippen molar-refractivity contribution in [3.05, 3.63) is 47.6 Å². The van der Waals surface area contributed by atoms with E-state index < -0.39 is 0 Å². The first kappa shape index (κ1) is 17.2. The molecular formula is C20H22ClN5. The average Bonchev–Trinajstić information content (AvgIpc) is 3.19. The van der Waals surface area contributed by atoms with E-state index in [0.29, 0.717) is 5.02 Å². The van der Waals surface area contributed by atoms with Crippen LogP contribution in [0.1, 0.15) is 19.3 Å². The van der Waals surface area contributed by atoms with Crippen molar-refractivity contribution in [3.63, 3.8) is 0 Å². The summed E-state index contributed by atoms with van der Waals surface area (Å²) >= 11 is 6.12. The number of aromatic nitrogens is 3. The summed E-state index contributed by atoms with van der Waals surface area (Å²) in [6.45, 7) is 4.46. The Hall–Kier alpha value is -2.24.